The van der Waals surface area contributed by atoms with E-state index in [4.69, 9.17) is 28.9 Å². The molecule has 4 nitrogen and oxygen atoms in total. The Hall–Kier alpha value is -1.33. The number of alkyl halides is 1. The Labute approximate surface area is 125 Å². The number of hydrogen-bond acceptors (Lipinski definition) is 2. The first-order chi connectivity index (χ1) is 9.31. The van der Waals surface area contributed by atoms with Crippen LogP contribution in [-0.2, 0) is 4.79 Å². The Morgan fingerprint density at radius 3 is 2.70 bits per heavy atom. The Bertz CT molecular complexity index is 669. The lowest BCUT2D eigenvalue weighted by Gasteiger charge is -2.17. The summed E-state index contributed by atoms with van der Waals surface area (Å²) in [5.74, 6) is -0.419. The molecule has 0 bridgehead atoms. The summed E-state index contributed by atoms with van der Waals surface area (Å²) in [6, 6.07) is 2.50. The molecule has 0 aliphatic heterocycles. The van der Waals surface area contributed by atoms with Crippen LogP contribution in [0.2, 0.25) is 5.02 Å². The van der Waals surface area contributed by atoms with Crippen LogP contribution in [0.15, 0.2) is 12.1 Å². The highest BCUT2D eigenvalue weighted by molar-refractivity contribution is 6.31. The Kier molecular flexibility index (Phi) is 4.20. The average Bonchev–Trinajstić information content (AvgIpc) is 2.67. The molecular weight excluding hydrogens is 304 g/mol. The predicted octanol–water partition coefficient (Wildman–Crippen LogP) is 3.57. The largest absolute Gasteiger partial charge is 0.370 e. The van der Waals surface area contributed by atoms with Crippen LogP contribution in [0.4, 0.5) is 4.39 Å². The molecule has 2 atom stereocenters. The zero-order chi connectivity index (χ0) is 15.0. The molecule has 0 spiro atoms. The van der Waals surface area contributed by atoms with Crippen LogP contribution >= 0.6 is 23.2 Å². The van der Waals surface area contributed by atoms with Crippen LogP contribution < -0.4 is 5.73 Å². The number of benzene rings is 1. The summed E-state index contributed by atoms with van der Waals surface area (Å²) in [7, 11) is 0. The first-order valence-corrected chi connectivity index (χ1v) is 6.92. The molecule has 1 heterocycles. The summed E-state index contributed by atoms with van der Waals surface area (Å²) in [6.45, 7) is 3.58. The Morgan fingerprint density at radius 2 is 2.15 bits per heavy atom. The smallest absolute Gasteiger partial charge is 0.219 e. The molecule has 7 heteroatoms. The highest BCUT2D eigenvalue weighted by atomic mass is 35.5. The molecule has 0 aliphatic rings. The van der Waals surface area contributed by atoms with Gasteiger partial charge in [0.25, 0.3) is 0 Å². The SMILES string of the molecule is CC(Cl)c1nc2cc(F)c(Cl)cc2n1C(C)CC(N)=O. The summed E-state index contributed by atoms with van der Waals surface area (Å²) in [5.41, 5.74) is 6.31. The van der Waals surface area contributed by atoms with Crippen LogP contribution in [0.3, 0.4) is 0 Å². The van der Waals surface area contributed by atoms with Gasteiger partial charge in [0.1, 0.15) is 11.6 Å². The van der Waals surface area contributed by atoms with Crippen molar-refractivity contribution in [3.8, 4) is 0 Å². The number of nitrogens with two attached hydrogens (primary N) is 1. The van der Waals surface area contributed by atoms with Gasteiger partial charge in [-0.15, -0.1) is 11.6 Å². The number of hydrogen-bond donors (Lipinski definition) is 1. The monoisotopic (exact) mass is 317 g/mol. The maximum Gasteiger partial charge on any atom is 0.219 e. The number of halogens is 3. The zero-order valence-electron chi connectivity index (χ0n) is 11.0. The van der Waals surface area contributed by atoms with Crippen molar-refractivity contribution in [2.75, 3.05) is 0 Å². The van der Waals surface area contributed by atoms with Gasteiger partial charge >= 0.3 is 0 Å². The van der Waals surface area contributed by atoms with Crippen molar-refractivity contribution in [3.63, 3.8) is 0 Å². The summed E-state index contributed by atoms with van der Waals surface area (Å²) >= 11 is 11.9. The quantitative estimate of drug-likeness (QED) is 0.876. The van der Waals surface area contributed by atoms with Crippen LogP contribution in [0, 0.1) is 5.82 Å². The van der Waals surface area contributed by atoms with E-state index in [1.54, 1.807) is 11.5 Å². The topological polar surface area (TPSA) is 60.9 Å². The zero-order valence-corrected chi connectivity index (χ0v) is 12.5. The Morgan fingerprint density at radius 1 is 1.50 bits per heavy atom. The van der Waals surface area contributed by atoms with Gasteiger partial charge in [0, 0.05) is 18.5 Å². The lowest BCUT2D eigenvalue weighted by Crippen LogP contribution is -2.19. The Balaban J connectivity index is 2.67. The molecular formula is C13H14Cl2FN3O. The molecule has 0 aliphatic carbocycles. The van der Waals surface area contributed by atoms with Gasteiger partial charge in [-0.2, -0.15) is 0 Å². The number of carbonyl (C=O) groups excluding carboxylic acids is 1. The van der Waals surface area contributed by atoms with Crippen LogP contribution in [0.1, 0.15) is 37.5 Å². The standard InChI is InChI=1S/C13H14Cl2FN3O/c1-6(3-12(17)20)19-11-4-8(15)9(16)5-10(11)18-13(19)7(2)14/h4-7H,3H2,1-2H3,(H2,17,20). The first-order valence-electron chi connectivity index (χ1n) is 6.10. The number of amides is 1. The van der Waals surface area contributed by atoms with E-state index in [9.17, 15) is 9.18 Å². The molecule has 1 amide bonds. The molecule has 108 valence electrons. The minimum atomic E-state index is -0.542. The van der Waals surface area contributed by atoms with E-state index < -0.39 is 11.7 Å². The van der Waals surface area contributed by atoms with Gasteiger partial charge in [-0.1, -0.05) is 11.6 Å². The predicted molar refractivity (Wildman–Crippen MR) is 77.5 cm³/mol. The second-order valence-electron chi connectivity index (χ2n) is 4.73. The first kappa shape index (κ1) is 15.1. The number of fused-ring (bicyclic) bond motifs is 1. The average molecular weight is 318 g/mol. The van der Waals surface area contributed by atoms with Gasteiger partial charge in [0.2, 0.25) is 5.91 Å². The minimum absolute atomic E-state index is 0.00120. The molecule has 2 aromatic rings. The maximum absolute atomic E-state index is 13.5. The highest BCUT2D eigenvalue weighted by Gasteiger charge is 2.21. The van der Waals surface area contributed by atoms with Crippen molar-refractivity contribution in [2.45, 2.75) is 31.7 Å². The molecule has 20 heavy (non-hydrogen) atoms. The maximum atomic E-state index is 13.5. The van der Waals surface area contributed by atoms with Crippen molar-refractivity contribution in [1.29, 1.82) is 0 Å². The van der Waals surface area contributed by atoms with Gasteiger partial charge in [0.05, 0.1) is 21.4 Å². The van der Waals surface area contributed by atoms with Crippen molar-refractivity contribution in [1.82, 2.24) is 9.55 Å². The fourth-order valence-electron chi connectivity index (χ4n) is 2.24. The molecule has 2 rings (SSSR count). The summed E-state index contributed by atoms with van der Waals surface area (Å²) in [4.78, 5) is 15.4. The molecule has 0 saturated heterocycles. The van der Waals surface area contributed by atoms with Crippen LogP contribution in [0.25, 0.3) is 11.0 Å². The van der Waals surface area contributed by atoms with E-state index in [1.807, 2.05) is 6.92 Å². The summed E-state index contributed by atoms with van der Waals surface area (Å²) in [5, 5.41) is -0.390. The molecule has 0 radical (unpaired) electrons. The molecule has 0 saturated carbocycles. The fourth-order valence-corrected chi connectivity index (χ4v) is 2.55. The van der Waals surface area contributed by atoms with Crippen molar-refractivity contribution < 1.29 is 9.18 Å². The molecule has 0 fully saturated rings. The third-order valence-corrected chi connectivity index (χ3v) is 3.54. The normalized spacial score (nSPS) is 14.4. The molecule has 1 aromatic carbocycles. The van der Waals surface area contributed by atoms with E-state index in [0.29, 0.717) is 16.9 Å². The van der Waals surface area contributed by atoms with Gasteiger partial charge in [-0.05, 0) is 19.9 Å². The fraction of sp³-hybridized carbons (Fsp3) is 0.385. The van der Waals surface area contributed by atoms with E-state index in [2.05, 4.69) is 4.98 Å². The summed E-state index contributed by atoms with van der Waals surface area (Å²) in [6.07, 6.45) is 0.136. The van der Waals surface area contributed by atoms with Gasteiger partial charge in [0.15, 0.2) is 0 Å². The number of imidazole rings is 1. The van der Waals surface area contributed by atoms with E-state index >= 15 is 0 Å². The van der Waals surface area contributed by atoms with Crippen LogP contribution in [-0.4, -0.2) is 15.5 Å². The molecule has 2 N–H and O–H groups in total. The number of aromatic nitrogens is 2. The van der Waals surface area contributed by atoms with Crippen molar-refractivity contribution in [3.05, 3.63) is 28.8 Å². The number of primary amides is 1. The lowest BCUT2D eigenvalue weighted by molar-refractivity contribution is -0.118. The van der Waals surface area contributed by atoms with Crippen molar-refractivity contribution in [2.24, 2.45) is 5.73 Å². The van der Waals surface area contributed by atoms with Crippen molar-refractivity contribution >= 4 is 40.1 Å². The second kappa shape index (κ2) is 5.58. The van der Waals surface area contributed by atoms with E-state index in [0.717, 1.165) is 0 Å². The lowest BCUT2D eigenvalue weighted by atomic mass is 10.2. The highest BCUT2D eigenvalue weighted by Crippen LogP contribution is 2.31. The minimum Gasteiger partial charge on any atom is -0.370 e. The summed E-state index contributed by atoms with van der Waals surface area (Å²) < 4.78 is 15.3. The number of carbonyl (C=O) groups is 1. The molecule has 2 unspecified atom stereocenters. The second-order valence-corrected chi connectivity index (χ2v) is 5.79. The van der Waals surface area contributed by atoms with Gasteiger partial charge < -0.3 is 10.3 Å². The van der Waals surface area contributed by atoms with Gasteiger partial charge in [-0.3, -0.25) is 4.79 Å². The van der Waals surface area contributed by atoms with E-state index in [1.165, 1.54) is 12.1 Å². The third-order valence-electron chi connectivity index (χ3n) is 3.05. The van der Waals surface area contributed by atoms with Gasteiger partial charge in [-0.25, -0.2) is 9.37 Å². The molecule has 1 aromatic heterocycles. The number of nitrogens with zero attached hydrogens (tertiary/aromatic N) is 2. The van der Waals surface area contributed by atoms with E-state index in [-0.39, 0.29) is 22.9 Å². The number of rotatable bonds is 4. The third kappa shape index (κ3) is 2.74. The van der Waals surface area contributed by atoms with Crippen LogP contribution in [0.5, 0.6) is 0 Å².